The van der Waals surface area contributed by atoms with Crippen LogP contribution in [0, 0.1) is 6.92 Å². The Hall–Kier alpha value is -2.12. The van der Waals surface area contributed by atoms with Crippen LogP contribution in [0.15, 0.2) is 24.4 Å². The predicted molar refractivity (Wildman–Crippen MR) is 96.6 cm³/mol. The number of nitrogens with one attached hydrogen (secondary N) is 1. The highest BCUT2D eigenvalue weighted by Gasteiger charge is 2.19. The Labute approximate surface area is 145 Å². The van der Waals surface area contributed by atoms with E-state index in [0.717, 1.165) is 32.8 Å². The van der Waals surface area contributed by atoms with Crippen molar-refractivity contribution in [2.75, 3.05) is 18.5 Å². The lowest BCUT2D eigenvalue weighted by Crippen LogP contribution is -2.11. The molecule has 0 spiro atoms. The van der Waals surface area contributed by atoms with Gasteiger partial charge in [-0.05, 0) is 30.7 Å². The molecule has 2 aromatic heterocycles. The molecule has 0 aliphatic rings. The van der Waals surface area contributed by atoms with Gasteiger partial charge in [0.25, 0.3) is 0 Å². The molecule has 2 heterocycles. The standard InChI is InChI=1S/C17H22N4O2S/c1-11-9-12(5-6-13(11)23-8-7-22)18-15-20-21-10-14(17(2,3)4)19-16(21)24-15/h5-6,9-10,22H,7-8H2,1-4H3,(H,18,20). The van der Waals surface area contributed by atoms with Gasteiger partial charge in [0.15, 0.2) is 0 Å². The van der Waals surface area contributed by atoms with E-state index in [9.17, 15) is 0 Å². The molecule has 0 atom stereocenters. The molecular formula is C17H22N4O2S. The molecule has 128 valence electrons. The number of aliphatic hydroxyl groups is 1. The fourth-order valence-electron chi connectivity index (χ4n) is 2.28. The van der Waals surface area contributed by atoms with Crippen molar-refractivity contribution in [3.63, 3.8) is 0 Å². The average Bonchev–Trinajstić information content (AvgIpc) is 3.04. The van der Waals surface area contributed by atoms with E-state index in [4.69, 9.17) is 9.84 Å². The fraction of sp³-hybridized carbons (Fsp3) is 0.412. The Morgan fingerprint density at radius 2 is 2.12 bits per heavy atom. The van der Waals surface area contributed by atoms with Gasteiger partial charge in [-0.3, -0.25) is 0 Å². The van der Waals surface area contributed by atoms with Crippen molar-refractivity contribution in [2.45, 2.75) is 33.1 Å². The molecule has 1 aromatic carbocycles. The minimum absolute atomic E-state index is 0.00883. The van der Waals surface area contributed by atoms with Crippen LogP contribution in [0.3, 0.4) is 0 Å². The van der Waals surface area contributed by atoms with Gasteiger partial charge in [-0.15, -0.1) is 5.10 Å². The Morgan fingerprint density at radius 3 is 2.75 bits per heavy atom. The van der Waals surface area contributed by atoms with Crippen molar-refractivity contribution in [3.8, 4) is 5.75 Å². The number of ether oxygens (including phenoxy) is 1. The molecule has 2 N–H and O–H groups in total. The van der Waals surface area contributed by atoms with Crippen LogP contribution in [-0.2, 0) is 5.41 Å². The number of aryl methyl sites for hydroxylation is 1. The lowest BCUT2D eigenvalue weighted by molar-refractivity contribution is 0.200. The van der Waals surface area contributed by atoms with Crippen LogP contribution >= 0.6 is 11.3 Å². The Balaban J connectivity index is 1.77. The van der Waals surface area contributed by atoms with Crippen LogP contribution in [0.2, 0.25) is 0 Å². The molecule has 6 nitrogen and oxygen atoms in total. The molecule has 0 radical (unpaired) electrons. The van der Waals surface area contributed by atoms with Gasteiger partial charge in [0, 0.05) is 11.1 Å². The van der Waals surface area contributed by atoms with E-state index in [1.165, 1.54) is 11.3 Å². The van der Waals surface area contributed by atoms with Crippen molar-refractivity contribution in [3.05, 3.63) is 35.7 Å². The summed E-state index contributed by atoms with van der Waals surface area (Å²) in [5.74, 6) is 0.776. The van der Waals surface area contributed by atoms with Crippen LogP contribution in [0.5, 0.6) is 5.75 Å². The van der Waals surface area contributed by atoms with Gasteiger partial charge in [0.05, 0.1) is 18.5 Å². The van der Waals surface area contributed by atoms with Gasteiger partial charge in [0.2, 0.25) is 10.1 Å². The largest absolute Gasteiger partial charge is 0.491 e. The average molecular weight is 346 g/mol. The van der Waals surface area contributed by atoms with Crippen LogP contribution in [0.25, 0.3) is 4.96 Å². The third-order valence-electron chi connectivity index (χ3n) is 3.59. The summed E-state index contributed by atoms with van der Waals surface area (Å²) < 4.78 is 7.29. The SMILES string of the molecule is Cc1cc(Nc2nn3cc(C(C)(C)C)nc3s2)ccc1OCCO. The van der Waals surface area contributed by atoms with Crippen LogP contribution in [-0.4, -0.2) is 32.9 Å². The number of nitrogens with zero attached hydrogens (tertiary/aromatic N) is 3. The monoisotopic (exact) mass is 346 g/mol. The molecule has 7 heteroatoms. The van der Waals surface area contributed by atoms with Crippen molar-refractivity contribution in [2.24, 2.45) is 0 Å². The molecule has 0 aliphatic heterocycles. The summed E-state index contributed by atoms with van der Waals surface area (Å²) in [6.07, 6.45) is 1.98. The zero-order valence-electron chi connectivity index (χ0n) is 14.3. The van der Waals surface area contributed by atoms with Gasteiger partial charge in [0.1, 0.15) is 12.4 Å². The number of hydrogen-bond donors (Lipinski definition) is 2. The lowest BCUT2D eigenvalue weighted by atomic mass is 9.93. The van der Waals surface area contributed by atoms with Gasteiger partial charge in [-0.25, -0.2) is 9.50 Å². The van der Waals surface area contributed by atoms with Crippen LogP contribution in [0.4, 0.5) is 10.8 Å². The minimum Gasteiger partial charge on any atom is -0.491 e. The summed E-state index contributed by atoms with van der Waals surface area (Å²) in [6.45, 7) is 8.70. The number of benzene rings is 1. The van der Waals surface area contributed by atoms with Gasteiger partial charge >= 0.3 is 0 Å². The third kappa shape index (κ3) is 3.52. The topological polar surface area (TPSA) is 71.7 Å². The number of aliphatic hydroxyl groups excluding tert-OH is 1. The summed E-state index contributed by atoms with van der Waals surface area (Å²) >= 11 is 1.52. The lowest BCUT2D eigenvalue weighted by Gasteiger charge is -2.13. The summed E-state index contributed by atoms with van der Waals surface area (Å²) in [7, 11) is 0. The number of hydrogen-bond acceptors (Lipinski definition) is 6. The maximum absolute atomic E-state index is 8.83. The van der Waals surface area contributed by atoms with Crippen LogP contribution in [0.1, 0.15) is 32.0 Å². The van der Waals surface area contributed by atoms with Crippen molar-refractivity contribution in [1.82, 2.24) is 14.6 Å². The Kier molecular flexibility index (Phi) is 4.47. The second kappa shape index (κ2) is 6.41. The number of anilines is 2. The number of aromatic nitrogens is 3. The van der Waals surface area contributed by atoms with E-state index in [-0.39, 0.29) is 12.0 Å². The Bertz CT molecular complexity index is 817. The van der Waals surface area contributed by atoms with E-state index in [1.807, 2.05) is 35.8 Å². The van der Waals surface area contributed by atoms with E-state index >= 15 is 0 Å². The molecule has 0 saturated carbocycles. The summed E-state index contributed by atoms with van der Waals surface area (Å²) in [5.41, 5.74) is 3.00. The first kappa shape index (κ1) is 16.7. The fourth-order valence-corrected chi connectivity index (χ4v) is 3.08. The highest BCUT2D eigenvalue weighted by molar-refractivity contribution is 7.20. The summed E-state index contributed by atoms with van der Waals surface area (Å²) in [4.78, 5) is 5.52. The predicted octanol–water partition coefficient (Wildman–Crippen LogP) is 3.51. The molecule has 0 amide bonds. The maximum atomic E-state index is 8.83. The molecule has 3 rings (SSSR count). The third-order valence-corrected chi connectivity index (χ3v) is 4.42. The van der Waals surface area contributed by atoms with E-state index in [0.29, 0.717) is 6.61 Å². The molecule has 0 bridgehead atoms. The van der Waals surface area contributed by atoms with Gasteiger partial charge in [-0.2, -0.15) is 0 Å². The first-order valence-corrected chi connectivity index (χ1v) is 8.66. The highest BCUT2D eigenvalue weighted by atomic mass is 32.1. The van der Waals surface area contributed by atoms with Gasteiger partial charge < -0.3 is 15.2 Å². The first-order valence-electron chi connectivity index (χ1n) is 7.85. The zero-order valence-corrected chi connectivity index (χ0v) is 15.1. The number of imidazole rings is 1. The van der Waals surface area contributed by atoms with Crippen molar-refractivity contribution >= 4 is 27.1 Å². The van der Waals surface area contributed by atoms with E-state index in [1.54, 1.807) is 0 Å². The number of fused-ring (bicyclic) bond motifs is 1. The quantitative estimate of drug-likeness (QED) is 0.740. The minimum atomic E-state index is 0.00883. The molecule has 0 unspecified atom stereocenters. The van der Waals surface area contributed by atoms with E-state index in [2.05, 4.69) is 36.2 Å². The molecule has 24 heavy (non-hydrogen) atoms. The molecular weight excluding hydrogens is 324 g/mol. The second-order valence-corrected chi connectivity index (χ2v) is 7.64. The van der Waals surface area contributed by atoms with Crippen molar-refractivity contribution in [1.29, 1.82) is 0 Å². The normalized spacial score (nSPS) is 11.9. The summed E-state index contributed by atoms with van der Waals surface area (Å²) in [5, 5.41) is 17.5. The highest BCUT2D eigenvalue weighted by Crippen LogP contribution is 2.29. The molecule has 0 aliphatic carbocycles. The smallest absolute Gasteiger partial charge is 0.214 e. The molecule has 3 aromatic rings. The zero-order chi connectivity index (χ0) is 17.3. The summed E-state index contributed by atoms with van der Waals surface area (Å²) in [6, 6.07) is 5.83. The first-order chi connectivity index (χ1) is 11.4. The van der Waals surface area contributed by atoms with Crippen LogP contribution < -0.4 is 10.1 Å². The molecule has 0 saturated heterocycles. The number of rotatable bonds is 5. The van der Waals surface area contributed by atoms with Crippen molar-refractivity contribution < 1.29 is 9.84 Å². The Morgan fingerprint density at radius 1 is 1.33 bits per heavy atom. The van der Waals surface area contributed by atoms with Gasteiger partial charge in [-0.1, -0.05) is 32.1 Å². The maximum Gasteiger partial charge on any atom is 0.214 e. The second-order valence-electron chi connectivity index (χ2n) is 6.69. The van der Waals surface area contributed by atoms with E-state index < -0.39 is 0 Å². The molecule has 0 fully saturated rings.